The highest BCUT2D eigenvalue weighted by Gasteiger charge is 2.53. The topological polar surface area (TPSA) is 108 Å². The molecular formula is C40H26Cl2N8. The number of H-pyrrole nitrogens is 2. The predicted molar refractivity (Wildman–Crippen MR) is 197 cm³/mol. The molecule has 0 saturated heterocycles. The van der Waals surface area contributed by atoms with Crippen LogP contribution in [0.1, 0.15) is 33.6 Å². The number of rotatable bonds is 4. The molecule has 8 bridgehead atoms. The van der Waals surface area contributed by atoms with E-state index in [0.29, 0.717) is 11.4 Å². The number of nitrogens with one attached hydrogen (secondary N) is 2. The summed E-state index contributed by atoms with van der Waals surface area (Å²) in [5.41, 5.74) is 9.89. The summed E-state index contributed by atoms with van der Waals surface area (Å²) in [6.45, 7) is 0. The van der Waals surface area contributed by atoms with Crippen molar-refractivity contribution < 1.29 is 0 Å². The molecule has 0 amide bonds. The molecule has 0 spiro atoms. The summed E-state index contributed by atoms with van der Waals surface area (Å²) >= 11 is 15.5. The molecule has 2 N–H and O–H groups in total. The average molecular weight is 690 g/mol. The SMILES string of the molecule is ClC12C=CC(=N1)C(c1ccncc1)=C1C=CC(=N1)C(c1ccncc1)=c1ccc([nH]1)=C(c1ccncc1)c1ccc([nH]1)C2(Cl)c1ccncc1. The van der Waals surface area contributed by atoms with Crippen LogP contribution in [0.2, 0.25) is 0 Å². The van der Waals surface area contributed by atoms with E-state index >= 15 is 0 Å². The smallest absolute Gasteiger partial charge is 0.181 e. The van der Waals surface area contributed by atoms with Crippen LogP contribution in [-0.2, 0) is 4.87 Å². The summed E-state index contributed by atoms with van der Waals surface area (Å²) in [4.78, 5) is 32.2. The number of fused-ring (bicyclic) bond motifs is 6. The van der Waals surface area contributed by atoms with Crippen molar-refractivity contribution in [3.63, 3.8) is 0 Å². The van der Waals surface area contributed by atoms with Gasteiger partial charge in [-0.05, 0) is 119 Å². The maximum absolute atomic E-state index is 7.87. The van der Waals surface area contributed by atoms with Gasteiger partial charge in [0.2, 0.25) is 0 Å². The number of aliphatic imine (C=N–C) groups is 2. The van der Waals surface area contributed by atoms with Crippen LogP contribution in [0.5, 0.6) is 0 Å². The number of nitrogens with zero attached hydrogens (tertiary/aromatic N) is 6. The molecule has 10 heteroatoms. The van der Waals surface area contributed by atoms with Gasteiger partial charge in [0.25, 0.3) is 0 Å². The van der Waals surface area contributed by atoms with E-state index in [0.717, 1.165) is 66.8 Å². The van der Waals surface area contributed by atoms with E-state index in [9.17, 15) is 0 Å². The van der Waals surface area contributed by atoms with Crippen molar-refractivity contribution in [3.05, 3.63) is 197 Å². The molecular weight excluding hydrogens is 663 g/mol. The zero-order chi connectivity index (χ0) is 33.7. The van der Waals surface area contributed by atoms with E-state index in [4.69, 9.17) is 33.2 Å². The quantitative estimate of drug-likeness (QED) is 0.169. The Morgan fingerprint density at radius 3 is 1.70 bits per heavy atom. The van der Waals surface area contributed by atoms with Crippen LogP contribution in [-0.4, -0.2) is 46.3 Å². The normalized spacial score (nSPS) is 21.1. The predicted octanol–water partition coefficient (Wildman–Crippen LogP) is 6.23. The molecule has 2 atom stereocenters. The van der Waals surface area contributed by atoms with Crippen LogP contribution >= 0.6 is 23.2 Å². The van der Waals surface area contributed by atoms with Crippen molar-refractivity contribution in [2.45, 2.75) is 9.87 Å². The van der Waals surface area contributed by atoms with Crippen LogP contribution in [0.3, 0.4) is 0 Å². The number of halogens is 2. The first-order chi connectivity index (χ1) is 24.5. The van der Waals surface area contributed by atoms with Crippen molar-refractivity contribution in [3.8, 4) is 0 Å². The second kappa shape index (κ2) is 11.9. The number of aromatic nitrogens is 6. The number of aromatic amines is 2. The lowest BCUT2D eigenvalue weighted by molar-refractivity contribution is 0.569. The van der Waals surface area contributed by atoms with E-state index in [1.165, 1.54) is 0 Å². The van der Waals surface area contributed by atoms with Crippen molar-refractivity contribution >= 4 is 51.3 Å². The van der Waals surface area contributed by atoms with Gasteiger partial charge in [-0.1, -0.05) is 11.6 Å². The Labute approximate surface area is 296 Å². The molecule has 0 saturated carbocycles. The maximum Gasteiger partial charge on any atom is 0.181 e. The molecule has 3 aliphatic rings. The summed E-state index contributed by atoms with van der Waals surface area (Å²) in [6, 6.07) is 23.8. The van der Waals surface area contributed by atoms with Gasteiger partial charge in [0.05, 0.1) is 17.1 Å². The lowest BCUT2D eigenvalue weighted by Crippen LogP contribution is -2.41. The second-order valence-corrected chi connectivity index (χ2v) is 13.2. The monoisotopic (exact) mass is 688 g/mol. The fourth-order valence-corrected chi connectivity index (χ4v) is 7.55. The Kier molecular flexibility index (Phi) is 7.15. The Bertz CT molecular complexity index is 2550. The van der Waals surface area contributed by atoms with Crippen molar-refractivity contribution in [1.29, 1.82) is 0 Å². The van der Waals surface area contributed by atoms with E-state index in [-0.39, 0.29) is 0 Å². The molecule has 6 aromatic rings. The summed E-state index contributed by atoms with van der Waals surface area (Å²) in [6.07, 6.45) is 21.9. The molecule has 8 nitrogen and oxygen atoms in total. The van der Waals surface area contributed by atoms with Gasteiger partial charge >= 0.3 is 0 Å². The number of hydrogen-bond acceptors (Lipinski definition) is 6. The van der Waals surface area contributed by atoms with Crippen molar-refractivity contribution in [2.75, 3.05) is 0 Å². The molecule has 3 aliphatic heterocycles. The first-order valence-electron chi connectivity index (χ1n) is 16.0. The standard InChI is InChI=1S/C40H26Cl2N8/c41-39-16-7-34(50-39)38(27-12-21-45-22-13-27)32-4-3-30(48-32)36(25-8-17-43-18-9-25)29-1-2-31(47-29)37(26-10-19-44-20-11-26)33-5-6-35(49-33)40(39,42)28-14-23-46-24-15-28/h1-24,47,49H. The summed E-state index contributed by atoms with van der Waals surface area (Å²) in [5, 5.41) is 1.79. The van der Waals surface area contributed by atoms with Gasteiger partial charge in [0, 0.05) is 88.4 Å². The highest BCUT2D eigenvalue weighted by molar-refractivity contribution is 6.41. The van der Waals surface area contributed by atoms with Crippen molar-refractivity contribution in [2.24, 2.45) is 9.98 Å². The number of pyridine rings is 4. The summed E-state index contributed by atoms with van der Waals surface area (Å²) in [7, 11) is 0. The van der Waals surface area contributed by atoms with Crippen LogP contribution in [0.15, 0.2) is 162 Å². The molecule has 9 heterocycles. The molecule has 2 unspecified atom stereocenters. The molecule has 9 rings (SSSR count). The minimum absolute atomic E-state index is 0.644. The van der Waals surface area contributed by atoms with Crippen LogP contribution in [0, 0.1) is 0 Å². The number of hydrogen-bond donors (Lipinski definition) is 2. The molecule has 0 radical (unpaired) electrons. The van der Waals surface area contributed by atoms with Gasteiger partial charge in [-0.25, -0.2) is 4.99 Å². The van der Waals surface area contributed by atoms with Crippen molar-refractivity contribution in [1.82, 2.24) is 29.9 Å². The highest BCUT2D eigenvalue weighted by atomic mass is 35.5. The Morgan fingerprint density at radius 2 is 1.06 bits per heavy atom. The third-order valence-electron chi connectivity index (χ3n) is 9.17. The molecule has 0 aromatic carbocycles. The fraction of sp³-hybridized carbons (Fsp3) is 0.0500. The van der Waals surface area contributed by atoms with Gasteiger partial charge in [0.15, 0.2) is 9.87 Å². The zero-order valence-corrected chi connectivity index (χ0v) is 27.8. The summed E-state index contributed by atoms with van der Waals surface area (Å²) < 4.78 is 0. The van der Waals surface area contributed by atoms with Gasteiger partial charge in [-0.3, -0.25) is 24.9 Å². The third-order valence-corrected chi connectivity index (χ3v) is 10.5. The third kappa shape index (κ3) is 4.83. The maximum atomic E-state index is 7.87. The lowest BCUT2D eigenvalue weighted by Gasteiger charge is -2.36. The Morgan fingerprint density at radius 1 is 0.500 bits per heavy atom. The van der Waals surface area contributed by atoms with Gasteiger partial charge in [0.1, 0.15) is 0 Å². The van der Waals surface area contributed by atoms with E-state index < -0.39 is 9.87 Å². The van der Waals surface area contributed by atoms with E-state index in [1.807, 2.05) is 85.0 Å². The molecule has 6 aromatic heterocycles. The zero-order valence-electron chi connectivity index (χ0n) is 26.3. The van der Waals surface area contributed by atoms with Crippen LogP contribution in [0.4, 0.5) is 0 Å². The van der Waals surface area contributed by atoms with E-state index in [1.54, 1.807) is 49.6 Å². The highest BCUT2D eigenvalue weighted by Crippen LogP contribution is 2.53. The van der Waals surface area contributed by atoms with Gasteiger partial charge < -0.3 is 9.97 Å². The molecule has 0 aliphatic carbocycles. The fourth-order valence-electron chi connectivity index (χ4n) is 6.85. The van der Waals surface area contributed by atoms with Crippen LogP contribution in [0.25, 0.3) is 16.7 Å². The van der Waals surface area contributed by atoms with Gasteiger partial charge in [-0.15, -0.1) is 11.6 Å². The Balaban J connectivity index is 1.42. The Hall–Kier alpha value is -5.96. The summed E-state index contributed by atoms with van der Waals surface area (Å²) in [5.74, 6) is 0. The first-order valence-corrected chi connectivity index (χ1v) is 16.7. The number of alkyl halides is 2. The second-order valence-electron chi connectivity index (χ2n) is 12.0. The number of allylic oxidation sites excluding steroid dienone is 4. The first kappa shape index (κ1) is 30.1. The van der Waals surface area contributed by atoms with Gasteiger partial charge in [-0.2, -0.15) is 0 Å². The molecule has 240 valence electrons. The minimum Gasteiger partial charge on any atom is -0.356 e. The molecule has 50 heavy (non-hydrogen) atoms. The van der Waals surface area contributed by atoms with Crippen LogP contribution < -0.4 is 10.7 Å². The lowest BCUT2D eigenvalue weighted by atomic mass is 9.88. The van der Waals surface area contributed by atoms with E-state index in [2.05, 4.69) is 42.0 Å². The largest absolute Gasteiger partial charge is 0.356 e. The average Bonchev–Trinajstić information content (AvgIpc) is 4.00. The minimum atomic E-state index is -1.44. The molecule has 0 fully saturated rings.